The van der Waals surface area contributed by atoms with Gasteiger partial charge in [-0.1, -0.05) is 18.2 Å². The van der Waals surface area contributed by atoms with Gasteiger partial charge >= 0.3 is 0 Å². The molecule has 0 atom stereocenters. The van der Waals surface area contributed by atoms with Gasteiger partial charge in [0.1, 0.15) is 0 Å². The third-order valence-corrected chi connectivity index (χ3v) is 4.93. The Morgan fingerprint density at radius 3 is 2.57 bits per heavy atom. The van der Waals surface area contributed by atoms with Gasteiger partial charge in [-0.15, -0.1) is 0 Å². The average Bonchev–Trinajstić information content (AvgIpc) is 3.02. The lowest BCUT2D eigenvalue weighted by Crippen LogP contribution is -2.22. The van der Waals surface area contributed by atoms with E-state index >= 15 is 0 Å². The van der Waals surface area contributed by atoms with Gasteiger partial charge < -0.3 is 24.7 Å². The van der Waals surface area contributed by atoms with Gasteiger partial charge in [0.05, 0.1) is 30.8 Å². The lowest BCUT2D eigenvalue weighted by molar-refractivity contribution is -0.255. The number of ether oxygens (including phenoxy) is 2. The molecule has 1 amide bonds. The second-order valence-electron chi connectivity index (χ2n) is 5.88. The van der Waals surface area contributed by atoms with Crippen molar-refractivity contribution in [2.24, 2.45) is 4.99 Å². The topological polar surface area (TPSA) is 100 Å². The molecule has 144 valence electrons. The minimum Gasteiger partial charge on any atom is -0.545 e. The van der Waals surface area contributed by atoms with Crippen molar-refractivity contribution in [3.63, 3.8) is 0 Å². The van der Waals surface area contributed by atoms with E-state index in [1.54, 1.807) is 45.4 Å². The number of rotatable bonds is 5. The van der Waals surface area contributed by atoms with Crippen LogP contribution in [-0.4, -0.2) is 31.3 Å². The van der Waals surface area contributed by atoms with E-state index in [-0.39, 0.29) is 11.5 Å². The average molecular weight is 397 g/mol. The molecule has 0 aromatic heterocycles. The van der Waals surface area contributed by atoms with Crippen LogP contribution in [-0.2, 0) is 4.79 Å². The number of carbonyl (C=O) groups is 2. The van der Waals surface area contributed by atoms with Crippen LogP contribution < -0.4 is 19.9 Å². The maximum absolute atomic E-state index is 12.3. The van der Waals surface area contributed by atoms with E-state index < -0.39 is 5.97 Å². The molecule has 1 saturated heterocycles. The van der Waals surface area contributed by atoms with Crippen LogP contribution in [0, 0.1) is 6.92 Å². The molecule has 0 bridgehead atoms. The molecule has 28 heavy (non-hydrogen) atoms. The van der Waals surface area contributed by atoms with Gasteiger partial charge in [-0.3, -0.25) is 4.79 Å². The van der Waals surface area contributed by atoms with Gasteiger partial charge in [0.25, 0.3) is 5.91 Å². The van der Waals surface area contributed by atoms with E-state index in [0.717, 1.165) is 11.1 Å². The molecule has 1 fully saturated rings. The number of nitrogens with one attached hydrogen (secondary N) is 1. The van der Waals surface area contributed by atoms with Gasteiger partial charge in [0.2, 0.25) is 0 Å². The number of aliphatic imine (C=N–C) groups is 1. The highest BCUT2D eigenvalue weighted by atomic mass is 32.2. The Labute approximate surface area is 166 Å². The fraction of sp³-hybridized carbons (Fsp3) is 0.150. The largest absolute Gasteiger partial charge is 0.545 e. The summed E-state index contributed by atoms with van der Waals surface area (Å²) in [6.45, 7) is 1.81. The summed E-state index contributed by atoms with van der Waals surface area (Å²) in [6.07, 6.45) is 1.72. The van der Waals surface area contributed by atoms with Crippen molar-refractivity contribution in [3.05, 3.63) is 58.0 Å². The number of aromatic carboxylic acids is 1. The number of hydrogen-bond donors (Lipinski definition) is 1. The zero-order valence-corrected chi connectivity index (χ0v) is 16.3. The molecule has 8 heteroatoms. The number of aryl methyl sites for hydroxylation is 1. The zero-order valence-electron chi connectivity index (χ0n) is 15.4. The molecule has 3 rings (SSSR count). The number of methoxy groups -OCH3 is 2. The third kappa shape index (κ3) is 4.17. The molecule has 2 aromatic carbocycles. The SMILES string of the molecule is COc1ccc(/C=C2\SC(=Nc3cc(C(=O)[O-])ccc3C)NC2=O)cc1OC. The number of hydrogen-bond acceptors (Lipinski definition) is 7. The summed E-state index contributed by atoms with van der Waals surface area (Å²) in [4.78, 5) is 28.2. The fourth-order valence-electron chi connectivity index (χ4n) is 2.54. The van der Waals surface area contributed by atoms with E-state index in [2.05, 4.69) is 10.3 Å². The minimum atomic E-state index is -1.28. The monoisotopic (exact) mass is 397 g/mol. The fourth-order valence-corrected chi connectivity index (χ4v) is 3.38. The number of amides is 1. The highest BCUT2D eigenvalue weighted by Gasteiger charge is 2.24. The molecule has 2 aromatic rings. The number of amidine groups is 1. The van der Waals surface area contributed by atoms with Crippen molar-refractivity contribution >= 4 is 40.6 Å². The maximum atomic E-state index is 12.3. The number of carbonyl (C=O) groups excluding carboxylic acids is 2. The molecule has 0 unspecified atom stereocenters. The van der Waals surface area contributed by atoms with Crippen LogP contribution >= 0.6 is 11.8 Å². The molecular formula is C20H17N2O5S-. The summed E-state index contributed by atoms with van der Waals surface area (Å²) in [7, 11) is 3.09. The molecule has 0 saturated carbocycles. The number of thioether (sulfide) groups is 1. The van der Waals surface area contributed by atoms with Crippen LogP contribution in [0.3, 0.4) is 0 Å². The van der Waals surface area contributed by atoms with Gasteiger partial charge in [-0.25, -0.2) is 4.99 Å². The second-order valence-corrected chi connectivity index (χ2v) is 6.92. The summed E-state index contributed by atoms with van der Waals surface area (Å²) in [5.41, 5.74) is 2.04. The Balaban J connectivity index is 1.88. The van der Waals surface area contributed by atoms with E-state index in [0.29, 0.717) is 27.3 Å². The molecule has 0 aliphatic carbocycles. The molecule has 1 aliphatic rings. The predicted molar refractivity (Wildman–Crippen MR) is 106 cm³/mol. The van der Waals surface area contributed by atoms with Gasteiger partial charge in [-0.2, -0.15) is 0 Å². The van der Waals surface area contributed by atoms with Crippen LogP contribution in [0.25, 0.3) is 6.08 Å². The number of nitrogens with zero attached hydrogens (tertiary/aromatic N) is 1. The van der Waals surface area contributed by atoms with Crippen molar-refractivity contribution < 1.29 is 24.2 Å². The van der Waals surface area contributed by atoms with Crippen molar-refractivity contribution in [3.8, 4) is 11.5 Å². The predicted octanol–water partition coefficient (Wildman–Crippen LogP) is 2.27. The van der Waals surface area contributed by atoms with Crippen LogP contribution in [0.4, 0.5) is 5.69 Å². The van der Waals surface area contributed by atoms with E-state index in [1.807, 2.05) is 6.07 Å². The Morgan fingerprint density at radius 1 is 1.14 bits per heavy atom. The van der Waals surface area contributed by atoms with Crippen LogP contribution in [0.2, 0.25) is 0 Å². The summed E-state index contributed by atoms with van der Waals surface area (Å²) in [6, 6.07) is 9.85. The Bertz CT molecular complexity index is 1010. The van der Waals surface area contributed by atoms with Gasteiger partial charge in [0, 0.05) is 0 Å². The molecule has 1 aliphatic heterocycles. The maximum Gasteiger partial charge on any atom is 0.264 e. The molecule has 0 radical (unpaired) electrons. The first-order valence-electron chi connectivity index (χ1n) is 8.25. The number of carboxylic acid groups (broad SMARTS) is 1. The van der Waals surface area contributed by atoms with Crippen molar-refractivity contribution in [2.45, 2.75) is 6.92 Å². The van der Waals surface area contributed by atoms with Crippen LogP contribution in [0.5, 0.6) is 11.5 Å². The zero-order chi connectivity index (χ0) is 20.3. The number of carboxylic acids is 1. The lowest BCUT2D eigenvalue weighted by atomic mass is 10.1. The molecule has 7 nitrogen and oxygen atoms in total. The number of benzene rings is 2. The summed E-state index contributed by atoms with van der Waals surface area (Å²) >= 11 is 1.17. The normalized spacial score (nSPS) is 16.3. The lowest BCUT2D eigenvalue weighted by Gasteiger charge is -2.07. The highest BCUT2D eigenvalue weighted by molar-refractivity contribution is 8.18. The molecule has 0 spiro atoms. The Hall–Kier alpha value is -3.26. The first-order valence-corrected chi connectivity index (χ1v) is 9.06. The summed E-state index contributed by atoms with van der Waals surface area (Å²) in [5.74, 6) is -0.409. The first-order chi connectivity index (χ1) is 13.4. The van der Waals surface area contributed by atoms with E-state index in [4.69, 9.17) is 9.47 Å². The molecular weight excluding hydrogens is 380 g/mol. The minimum absolute atomic E-state index is 0.0281. The smallest absolute Gasteiger partial charge is 0.264 e. The van der Waals surface area contributed by atoms with E-state index in [9.17, 15) is 14.7 Å². The van der Waals surface area contributed by atoms with Crippen LogP contribution in [0.1, 0.15) is 21.5 Å². The molecule has 1 heterocycles. The quantitative estimate of drug-likeness (QED) is 0.777. The van der Waals surface area contributed by atoms with E-state index in [1.165, 1.54) is 23.9 Å². The second kappa shape index (κ2) is 8.18. The standard InChI is InChI=1S/C20H18N2O5S/c1-11-4-6-13(19(24)25)10-14(11)21-20-22-18(23)17(28-20)9-12-5-7-15(26-2)16(8-12)27-3/h4-10H,1-3H3,(H,24,25)(H,21,22,23)/p-1/b17-9-. The van der Waals surface area contributed by atoms with Crippen molar-refractivity contribution in [1.29, 1.82) is 0 Å². The van der Waals surface area contributed by atoms with Gasteiger partial charge in [-0.05, 0) is 59.7 Å². The summed E-state index contributed by atoms with van der Waals surface area (Å²) in [5, 5.41) is 14.1. The first kappa shape index (κ1) is 19.5. The van der Waals surface area contributed by atoms with Crippen molar-refractivity contribution in [1.82, 2.24) is 5.32 Å². The Morgan fingerprint density at radius 2 is 1.89 bits per heavy atom. The summed E-state index contributed by atoms with van der Waals surface area (Å²) < 4.78 is 10.5. The van der Waals surface area contributed by atoms with Gasteiger partial charge in [0.15, 0.2) is 16.7 Å². The molecule has 1 N–H and O–H groups in total. The third-order valence-electron chi connectivity index (χ3n) is 4.02. The van der Waals surface area contributed by atoms with Crippen LogP contribution in [0.15, 0.2) is 46.3 Å². The highest BCUT2D eigenvalue weighted by Crippen LogP contribution is 2.32. The van der Waals surface area contributed by atoms with Crippen molar-refractivity contribution in [2.75, 3.05) is 14.2 Å². The Kier molecular flexibility index (Phi) is 5.70.